The molecule has 0 saturated heterocycles. The Morgan fingerprint density at radius 3 is 2.87 bits per heavy atom. The van der Waals surface area contributed by atoms with E-state index in [-0.39, 0.29) is 0 Å². The van der Waals surface area contributed by atoms with Crippen molar-refractivity contribution in [3.63, 3.8) is 0 Å². The summed E-state index contributed by atoms with van der Waals surface area (Å²) in [5.74, 6) is 1.96. The smallest absolute Gasteiger partial charge is 0.191 e. The lowest BCUT2D eigenvalue weighted by Crippen LogP contribution is -2.38. The number of imidazole rings is 1. The number of rotatable bonds is 6. The number of nitrogens with zero attached hydrogens (tertiary/aromatic N) is 3. The van der Waals surface area contributed by atoms with Crippen molar-refractivity contribution < 1.29 is 0 Å². The Morgan fingerprint density at radius 2 is 2.17 bits per heavy atom. The van der Waals surface area contributed by atoms with Gasteiger partial charge < -0.3 is 15.2 Å². The van der Waals surface area contributed by atoms with Crippen LogP contribution in [-0.2, 0) is 13.1 Å². The lowest BCUT2D eigenvalue weighted by molar-refractivity contribution is 0.760. The minimum Gasteiger partial charge on any atom is -0.357 e. The average molecular weight is 311 g/mol. The lowest BCUT2D eigenvalue weighted by Gasteiger charge is -2.11. The number of aliphatic imine (C=N–C) groups is 1. The summed E-state index contributed by atoms with van der Waals surface area (Å²) >= 11 is 0. The highest BCUT2D eigenvalue weighted by atomic mass is 15.2. The Kier molecular flexibility index (Phi) is 4.95. The maximum atomic E-state index is 4.69. The van der Waals surface area contributed by atoms with Crippen LogP contribution in [0.25, 0.3) is 0 Å². The van der Waals surface area contributed by atoms with Gasteiger partial charge in [0.2, 0.25) is 0 Å². The maximum absolute atomic E-state index is 4.69. The Bertz CT molecular complexity index is 670. The molecule has 1 aliphatic carbocycles. The van der Waals surface area contributed by atoms with Crippen molar-refractivity contribution in [3.05, 3.63) is 53.6 Å². The van der Waals surface area contributed by atoms with Gasteiger partial charge in [-0.25, -0.2) is 9.98 Å². The molecule has 1 saturated carbocycles. The largest absolute Gasteiger partial charge is 0.357 e. The van der Waals surface area contributed by atoms with Crippen LogP contribution < -0.4 is 10.6 Å². The monoisotopic (exact) mass is 311 g/mol. The SMILES string of the molecule is CCNC(=NCc1cccc(Cn2ccnc2C)c1)NC1CC1. The maximum Gasteiger partial charge on any atom is 0.191 e. The second-order valence-electron chi connectivity index (χ2n) is 6.04. The van der Waals surface area contributed by atoms with Gasteiger partial charge in [0.1, 0.15) is 5.82 Å². The fraction of sp³-hybridized carbons (Fsp3) is 0.444. The molecule has 3 rings (SSSR count). The molecule has 1 heterocycles. The first-order valence-corrected chi connectivity index (χ1v) is 8.35. The van der Waals surface area contributed by atoms with Crippen LogP contribution in [0.4, 0.5) is 0 Å². The number of nitrogens with one attached hydrogen (secondary N) is 2. The molecule has 122 valence electrons. The molecule has 0 amide bonds. The van der Waals surface area contributed by atoms with Gasteiger partial charge in [-0.3, -0.25) is 0 Å². The molecule has 0 spiro atoms. The van der Waals surface area contributed by atoms with Crippen molar-refractivity contribution in [1.29, 1.82) is 0 Å². The van der Waals surface area contributed by atoms with Crippen molar-refractivity contribution in [1.82, 2.24) is 20.2 Å². The highest BCUT2D eigenvalue weighted by molar-refractivity contribution is 5.80. The number of benzene rings is 1. The van der Waals surface area contributed by atoms with Gasteiger partial charge in [0.25, 0.3) is 0 Å². The summed E-state index contributed by atoms with van der Waals surface area (Å²) in [4.78, 5) is 8.97. The summed E-state index contributed by atoms with van der Waals surface area (Å²) in [5, 5.41) is 6.76. The molecule has 2 N–H and O–H groups in total. The standard InChI is InChI=1S/C18H25N5/c1-3-19-18(22-17-7-8-17)21-12-15-5-4-6-16(11-15)13-23-10-9-20-14(23)2/h4-6,9-11,17H,3,7-8,12-13H2,1-2H3,(H2,19,21,22). The third kappa shape index (κ3) is 4.58. The van der Waals surface area contributed by atoms with E-state index >= 15 is 0 Å². The van der Waals surface area contributed by atoms with Gasteiger partial charge in [0, 0.05) is 31.5 Å². The summed E-state index contributed by atoms with van der Waals surface area (Å²) in [6.45, 7) is 6.56. The first kappa shape index (κ1) is 15.6. The molecule has 1 fully saturated rings. The van der Waals surface area contributed by atoms with E-state index < -0.39 is 0 Å². The van der Waals surface area contributed by atoms with E-state index in [1.807, 2.05) is 19.3 Å². The topological polar surface area (TPSA) is 54.2 Å². The molecular weight excluding hydrogens is 286 g/mol. The fourth-order valence-corrected chi connectivity index (χ4v) is 2.51. The summed E-state index contributed by atoms with van der Waals surface area (Å²) in [6, 6.07) is 9.23. The van der Waals surface area contributed by atoms with E-state index in [1.165, 1.54) is 24.0 Å². The van der Waals surface area contributed by atoms with Crippen LogP contribution in [0.15, 0.2) is 41.7 Å². The second kappa shape index (κ2) is 7.31. The van der Waals surface area contributed by atoms with Crippen molar-refractivity contribution in [2.24, 2.45) is 4.99 Å². The molecule has 5 heteroatoms. The van der Waals surface area contributed by atoms with E-state index in [4.69, 9.17) is 4.99 Å². The summed E-state index contributed by atoms with van der Waals surface area (Å²) in [6.07, 6.45) is 6.37. The van der Waals surface area contributed by atoms with Crippen LogP contribution in [0.2, 0.25) is 0 Å². The third-order valence-electron chi connectivity index (χ3n) is 3.95. The minimum absolute atomic E-state index is 0.614. The van der Waals surface area contributed by atoms with Crippen LogP contribution in [0, 0.1) is 6.92 Å². The van der Waals surface area contributed by atoms with E-state index in [9.17, 15) is 0 Å². The van der Waals surface area contributed by atoms with Crippen LogP contribution in [-0.4, -0.2) is 28.1 Å². The molecule has 5 nitrogen and oxygen atoms in total. The van der Waals surface area contributed by atoms with Gasteiger partial charge in [0.05, 0.1) is 6.54 Å². The van der Waals surface area contributed by atoms with E-state index in [1.54, 1.807) is 0 Å². The van der Waals surface area contributed by atoms with Crippen molar-refractivity contribution in [2.75, 3.05) is 6.54 Å². The number of guanidine groups is 1. The Balaban J connectivity index is 1.65. The number of aryl methyl sites for hydroxylation is 1. The van der Waals surface area contributed by atoms with Crippen LogP contribution in [0.5, 0.6) is 0 Å². The average Bonchev–Trinajstić information content (AvgIpc) is 3.28. The van der Waals surface area contributed by atoms with Crippen molar-refractivity contribution >= 4 is 5.96 Å². The van der Waals surface area contributed by atoms with Gasteiger partial charge in [0.15, 0.2) is 5.96 Å². The molecule has 2 aromatic rings. The van der Waals surface area contributed by atoms with Gasteiger partial charge >= 0.3 is 0 Å². The molecular formula is C18H25N5. The fourth-order valence-electron chi connectivity index (χ4n) is 2.51. The van der Waals surface area contributed by atoms with Crippen LogP contribution >= 0.6 is 0 Å². The second-order valence-corrected chi connectivity index (χ2v) is 6.04. The highest BCUT2D eigenvalue weighted by Gasteiger charge is 2.21. The Labute approximate surface area is 137 Å². The molecule has 23 heavy (non-hydrogen) atoms. The minimum atomic E-state index is 0.614. The van der Waals surface area contributed by atoms with Gasteiger partial charge in [-0.1, -0.05) is 24.3 Å². The first-order chi connectivity index (χ1) is 11.2. The number of hydrogen-bond donors (Lipinski definition) is 2. The molecule has 1 aliphatic rings. The Hall–Kier alpha value is -2.30. The summed E-state index contributed by atoms with van der Waals surface area (Å²) < 4.78 is 2.15. The molecule has 0 bridgehead atoms. The van der Waals surface area contributed by atoms with Gasteiger partial charge in [-0.05, 0) is 37.8 Å². The van der Waals surface area contributed by atoms with Gasteiger partial charge in [-0.15, -0.1) is 0 Å². The predicted octanol–water partition coefficient (Wildman–Crippen LogP) is 2.46. The van der Waals surface area contributed by atoms with Crippen LogP contribution in [0.3, 0.4) is 0 Å². The molecule has 1 aromatic heterocycles. The molecule has 0 radical (unpaired) electrons. The zero-order chi connectivity index (χ0) is 16.1. The Morgan fingerprint density at radius 1 is 1.35 bits per heavy atom. The molecule has 0 atom stereocenters. The summed E-state index contributed by atoms with van der Waals surface area (Å²) in [5.41, 5.74) is 2.51. The summed E-state index contributed by atoms with van der Waals surface area (Å²) in [7, 11) is 0. The quantitative estimate of drug-likeness (QED) is 0.636. The van der Waals surface area contributed by atoms with Crippen LogP contribution in [0.1, 0.15) is 36.7 Å². The first-order valence-electron chi connectivity index (χ1n) is 8.35. The third-order valence-corrected chi connectivity index (χ3v) is 3.95. The van der Waals surface area contributed by atoms with E-state index in [2.05, 4.69) is 51.4 Å². The number of hydrogen-bond acceptors (Lipinski definition) is 2. The molecule has 0 unspecified atom stereocenters. The normalized spacial score (nSPS) is 14.8. The number of aromatic nitrogens is 2. The molecule has 0 aliphatic heterocycles. The van der Waals surface area contributed by atoms with Crippen molar-refractivity contribution in [2.45, 2.75) is 45.8 Å². The molecule has 1 aromatic carbocycles. The lowest BCUT2D eigenvalue weighted by atomic mass is 10.1. The van der Waals surface area contributed by atoms with E-state index in [0.29, 0.717) is 12.6 Å². The zero-order valence-electron chi connectivity index (χ0n) is 13.9. The highest BCUT2D eigenvalue weighted by Crippen LogP contribution is 2.18. The van der Waals surface area contributed by atoms with Crippen molar-refractivity contribution in [3.8, 4) is 0 Å². The van der Waals surface area contributed by atoms with Gasteiger partial charge in [-0.2, -0.15) is 0 Å². The zero-order valence-corrected chi connectivity index (χ0v) is 13.9. The predicted molar refractivity (Wildman–Crippen MR) is 93.5 cm³/mol. The van der Waals surface area contributed by atoms with E-state index in [0.717, 1.165) is 24.9 Å².